The van der Waals surface area contributed by atoms with E-state index < -0.39 is 49.5 Å². The average Bonchev–Trinajstić information content (AvgIpc) is 3.29. The second-order valence-corrected chi connectivity index (χ2v) is 18.7. The van der Waals surface area contributed by atoms with Crippen molar-refractivity contribution in [2.75, 3.05) is 13.2 Å². The molecule has 0 saturated carbocycles. The molecule has 1 heterocycles. The molecule has 1 amide bonds. The minimum absolute atomic E-state index is 0.189. The fourth-order valence-electron chi connectivity index (χ4n) is 8.32. The number of amides is 1. The molecule has 0 aromatic carbocycles. The third kappa shape index (κ3) is 34.5. The van der Waals surface area contributed by atoms with Crippen molar-refractivity contribution in [2.24, 2.45) is 0 Å². The van der Waals surface area contributed by atoms with Gasteiger partial charge >= 0.3 is 0 Å². The van der Waals surface area contributed by atoms with Crippen LogP contribution in [0.15, 0.2) is 48.6 Å². The Bertz CT molecular complexity index is 1140. The molecule has 374 valence electrons. The summed E-state index contributed by atoms with van der Waals surface area (Å²) in [6, 6.07) is -0.823. The zero-order valence-electron chi connectivity index (χ0n) is 41.3. The molecular weight excluding hydrogens is 803 g/mol. The van der Waals surface area contributed by atoms with Crippen LogP contribution in [0.3, 0.4) is 0 Å². The van der Waals surface area contributed by atoms with Gasteiger partial charge in [0.15, 0.2) is 6.29 Å². The van der Waals surface area contributed by atoms with Gasteiger partial charge in [-0.3, -0.25) is 4.79 Å². The highest BCUT2D eigenvalue weighted by Crippen LogP contribution is 2.23. The lowest BCUT2D eigenvalue weighted by Gasteiger charge is -2.40. The first kappa shape index (κ1) is 60.2. The van der Waals surface area contributed by atoms with Gasteiger partial charge in [0.1, 0.15) is 24.4 Å². The quantitative estimate of drug-likeness (QED) is 0.0261. The van der Waals surface area contributed by atoms with Crippen LogP contribution in [0, 0.1) is 0 Å². The maximum absolute atomic E-state index is 13.0. The first-order valence-corrected chi connectivity index (χ1v) is 26.9. The number of carbonyl (C=O) groups excluding carboxylic acids is 1. The maximum Gasteiger partial charge on any atom is 0.220 e. The molecule has 1 aliphatic rings. The van der Waals surface area contributed by atoms with Gasteiger partial charge in [-0.25, -0.2) is 0 Å². The summed E-state index contributed by atoms with van der Waals surface area (Å²) in [5, 5.41) is 54.4. The fraction of sp³-hybridized carbons (Fsp3) is 0.836. The molecule has 0 radical (unpaired) electrons. The Hall–Kier alpha value is -1.85. The standard InChI is InChI=1S/C55H101NO8/c1-3-5-7-9-11-13-15-17-19-21-23-24-25-26-27-29-31-33-35-37-39-41-43-45-51(59)56-48(47-63-55-54(62)53(61)52(60)50(46-57)64-55)49(58)44-42-40-38-36-34-32-30-28-22-20-18-16-14-12-10-8-6-4-2/h15,17,21,23,34,36,42,44,48-50,52-55,57-58,60-62H,3-14,16,18-20,22,24-33,35,37-41,43,45-47H2,1-2H3,(H,56,59)/b17-15-,23-21-,36-34+,44-42+. The molecule has 1 fully saturated rings. The van der Waals surface area contributed by atoms with Crippen LogP contribution < -0.4 is 5.32 Å². The zero-order valence-corrected chi connectivity index (χ0v) is 41.3. The van der Waals surface area contributed by atoms with Crippen LogP contribution in [-0.4, -0.2) is 87.5 Å². The highest BCUT2D eigenvalue weighted by Gasteiger charge is 2.44. The molecule has 7 atom stereocenters. The Balaban J connectivity index is 2.29. The molecule has 9 heteroatoms. The van der Waals surface area contributed by atoms with E-state index in [-0.39, 0.29) is 12.5 Å². The second-order valence-electron chi connectivity index (χ2n) is 18.7. The molecule has 0 spiro atoms. The van der Waals surface area contributed by atoms with E-state index >= 15 is 0 Å². The first-order valence-electron chi connectivity index (χ1n) is 26.9. The fourth-order valence-corrected chi connectivity index (χ4v) is 8.32. The van der Waals surface area contributed by atoms with E-state index in [0.717, 1.165) is 44.9 Å². The van der Waals surface area contributed by atoms with Gasteiger partial charge < -0.3 is 40.3 Å². The second kappa shape index (κ2) is 45.0. The average molecular weight is 904 g/mol. The number of unbranched alkanes of at least 4 members (excludes halogenated alkanes) is 29. The monoisotopic (exact) mass is 904 g/mol. The van der Waals surface area contributed by atoms with E-state index in [1.54, 1.807) is 6.08 Å². The van der Waals surface area contributed by atoms with Crippen LogP contribution in [0.5, 0.6) is 0 Å². The summed E-state index contributed by atoms with van der Waals surface area (Å²) >= 11 is 0. The summed E-state index contributed by atoms with van der Waals surface area (Å²) in [5.41, 5.74) is 0. The molecule has 0 aromatic rings. The van der Waals surface area contributed by atoms with E-state index in [1.807, 2.05) is 6.08 Å². The Labute approximate surface area is 393 Å². The number of hydrogen-bond donors (Lipinski definition) is 6. The summed E-state index contributed by atoms with van der Waals surface area (Å²) in [6.07, 6.45) is 51.6. The van der Waals surface area contributed by atoms with Crippen LogP contribution in [-0.2, 0) is 14.3 Å². The van der Waals surface area contributed by atoms with Crippen molar-refractivity contribution in [1.29, 1.82) is 0 Å². The molecule has 7 unspecified atom stereocenters. The van der Waals surface area contributed by atoms with Gasteiger partial charge in [-0.05, 0) is 64.2 Å². The van der Waals surface area contributed by atoms with Gasteiger partial charge in [-0.2, -0.15) is 0 Å². The van der Waals surface area contributed by atoms with Gasteiger partial charge in [0, 0.05) is 6.42 Å². The maximum atomic E-state index is 13.0. The number of allylic oxidation sites excluding steroid dienone is 7. The summed E-state index contributed by atoms with van der Waals surface area (Å²) in [7, 11) is 0. The Kier molecular flexibility index (Phi) is 42.3. The molecule has 6 N–H and O–H groups in total. The van der Waals surface area contributed by atoms with Crippen LogP contribution in [0.25, 0.3) is 0 Å². The molecule has 1 rings (SSSR count). The summed E-state index contributed by atoms with van der Waals surface area (Å²) in [5.74, 6) is -0.189. The minimum Gasteiger partial charge on any atom is -0.394 e. The van der Waals surface area contributed by atoms with E-state index in [2.05, 4.69) is 55.6 Å². The Morgan fingerprint density at radius 3 is 1.41 bits per heavy atom. The van der Waals surface area contributed by atoms with Gasteiger partial charge in [-0.15, -0.1) is 0 Å². The summed E-state index contributed by atoms with van der Waals surface area (Å²) < 4.78 is 11.2. The molecule has 0 aliphatic carbocycles. The third-order valence-corrected chi connectivity index (χ3v) is 12.6. The number of carbonyl (C=O) groups is 1. The smallest absolute Gasteiger partial charge is 0.220 e. The van der Waals surface area contributed by atoms with Crippen molar-refractivity contribution in [3.8, 4) is 0 Å². The largest absolute Gasteiger partial charge is 0.394 e. The molecular formula is C55H101NO8. The predicted molar refractivity (Wildman–Crippen MR) is 267 cm³/mol. The predicted octanol–water partition coefficient (Wildman–Crippen LogP) is 12.6. The third-order valence-electron chi connectivity index (χ3n) is 12.6. The number of hydrogen-bond acceptors (Lipinski definition) is 8. The van der Waals surface area contributed by atoms with Crippen molar-refractivity contribution in [3.63, 3.8) is 0 Å². The lowest BCUT2D eigenvalue weighted by atomic mass is 9.99. The minimum atomic E-state index is -1.57. The van der Waals surface area contributed by atoms with Crippen LogP contribution >= 0.6 is 0 Å². The molecule has 1 saturated heterocycles. The highest BCUT2D eigenvalue weighted by atomic mass is 16.7. The van der Waals surface area contributed by atoms with Crippen LogP contribution in [0.4, 0.5) is 0 Å². The lowest BCUT2D eigenvalue weighted by Crippen LogP contribution is -2.60. The van der Waals surface area contributed by atoms with Gasteiger partial charge in [0.2, 0.25) is 5.91 Å². The number of aliphatic hydroxyl groups is 5. The number of nitrogens with one attached hydrogen (secondary N) is 1. The highest BCUT2D eigenvalue weighted by molar-refractivity contribution is 5.76. The Morgan fingerprint density at radius 2 is 0.938 bits per heavy atom. The summed E-state index contributed by atoms with van der Waals surface area (Å²) in [6.45, 7) is 3.76. The van der Waals surface area contributed by atoms with Crippen molar-refractivity contribution >= 4 is 5.91 Å². The van der Waals surface area contributed by atoms with Crippen LogP contribution in [0.2, 0.25) is 0 Å². The molecule has 1 aliphatic heterocycles. The molecule has 64 heavy (non-hydrogen) atoms. The molecule has 0 bridgehead atoms. The Morgan fingerprint density at radius 1 is 0.531 bits per heavy atom. The van der Waals surface area contributed by atoms with E-state index in [9.17, 15) is 30.3 Å². The normalized spacial score (nSPS) is 20.4. The SMILES string of the molecule is CCCCCCC/C=C\C/C=C\CCCCCCCCCCCCCC(=O)NC(COC1OC(CO)C(O)C(O)C1O)C(O)/C=C/CC/C=C/CCCCCCCCCCCCCC. The molecule has 9 nitrogen and oxygen atoms in total. The van der Waals surface area contributed by atoms with Crippen molar-refractivity contribution in [3.05, 3.63) is 48.6 Å². The van der Waals surface area contributed by atoms with Gasteiger partial charge in [0.25, 0.3) is 0 Å². The van der Waals surface area contributed by atoms with E-state index in [1.165, 1.54) is 173 Å². The first-order chi connectivity index (χ1) is 31.3. The number of aliphatic hydroxyl groups excluding tert-OH is 5. The lowest BCUT2D eigenvalue weighted by molar-refractivity contribution is -0.302. The van der Waals surface area contributed by atoms with Crippen molar-refractivity contribution in [2.45, 2.75) is 281 Å². The van der Waals surface area contributed by atoms with E-state index in [4.69, 9.17) is 9.47 Å². The topological polar surface area (TPSA) is 149 Å². The van der Waals surface area contributed by atoms with Crippen molar-refractivity contribution < 1.29 is 39.8 Å². The van der Waals surface area contributed by atoms with E-state index in [0.29, 0.717) is 6.42 Å². The van der Waals surface area contributed by atoms with Crippen molar-refractivity contribution in [1.82, 2.24) is 5.32 Å². The zero-order chi connectivity index (χ0) is 46.6. The molecule has 0 aromatic heterocycles. The van der Waals surface area contributed by atoms with Crippen LogP contribution in [0.1, 0.15) is 239 Å². The van der Waals surface area contributed by atoms with Gasteiger partial charge in [-0.1, -0.05) is 217 Å². The number of rotatable bonds is 45. The summed E-state index contributed by atoms with van der Waals surface area (Å²) in [4.78, 5) is 13.0. The van der Waals surface area contributed by atoms with Gasteiger partial charge in [0.05, 0.1) is 25.4 Å². The number of ether oxygens (including phenoxy) is 2.